The maximum absolute atomic E-state index is 12.2. The molecule has 0 spiro atoms. The maximum atomic E-state index is 12.2. The summed E-state index contributed by atoms with van der Waals surface area (Å²) in [6.07, 6.45) is 4.01. The van der Waals surface area contributed by atoms with E-state index in [0.717, 1.165) is 0 Å². The summed E-state index contributed by atoms with van der Waals surface area (Å²) < 4.78 is 8.24. The maximum Gasteiger partial charge on any atom is 0.233 e. The van der Waals surface area contributed by atoms with Crippen molar-refractivity contribution in [1.82, 2.24) is 4.57 Å². The van der Waals surface area contributed by atoms with Crippen LogP contribution in [0, 0.1) is 0 Å². The van der Waals surface area contributed by atoms with Gasteiger partial charge in [0.2, 0.25) is 14.2 Å². The smallest absolute Gasteiger partial charge is 0.233 e. The minimum absolute atomic E-state index is 0.0289. The number of nitrogens with zero attached hydrogens (tertiary/aromatic N) is 1. The molecule has 0 N–H and O–H groups in total. The molecule has 0 fully saturated rings. The molecule has 0 radical (unpaired) electrons. The zero-order valence-electron chi connectivity index (χ0n) is 14.6. The Bertz CT molecular complexity index is 416. The number of hydrogen-bond acceptors (Lipinski definition) is 2. The molecule has 4 heteroatoms. The lowest BCUT2D eigenvalue weighted by atomic mass is 10.3. The SMILES string of the molecule is CC(CC(=O)n1cccc1)O[Si](C(C)C)(C(C)C)C(C)C. The average Bonchev–Trinajstić information content (AvgIpc) is 2.88. The Hall–Kier alpha value is -0.873. The molecule has 1 atom stereocenters. The lowest BCUT2D eigenvalue weighted by molar-refractivity contribution is 0.0823. The number of carbonyl (C=O) groups is 1. The molecule has 21 heavy (non-hydrogen) atoms. The fourth-order valence-corrected chi connectivity index (χ4v) is 9.25. The van der Waals surface area contributed by atoms with Gasteiger partial charge in [0.25, 0.3) is 0 Å². The third kappa shape index (κ3) is 4.07. The van der Waals surface area contributed by atoms with Crippen molar-refractivity contribution in [1.29, 1.82) is 0 Å². The van der Waals surface area contributed by atoms with Crippen LogP contribution in [0.3, 0.4) is 0 Å². The fourth-order valence-electron chi connectivity index (χ4n) is 3.65. The second-order valence-electron chi connectivity index (χ2n) is 6.93. The zero-order chi connectivity index (χ0) is 16.2. The van der Waals surface area contributed by atoms with Crippen molar-refractivity contribution in [2.24, 2.45) is 0 Å². The van der Waals surface area contributed by atoms with E-state index in [1.165, 1.54) is 0 Å². The van der Waals surface area contributed by atoms with Crippen LogP contribution in [-0.4, -0.2) is 24.9 Å². The van der Waals surface area contributed by atoms with Gasteiger partial charge in [-0.25, -0.2) is 0 Å². The summed E-state index contributed by atoms with van der Waals surface area (Å²) in [5, 5.41) is 0. The molecule has 0 amide bonds. The van der Waals surface area contributed by atoms with E-state index in [1.807, 2.05) is 19.1 Å². The van der Waals surface area contributed by atoms with Gasteiger partial charge >= 0.3 is 0 Å². The van der Waals surface area contributed by atoms with Crippen LogP contribution < -0.4 is 0 Å². The number of hydrogen-bond donors (Lipinski definition) is 0. The highest BCUT2D eigenvalue weighted by molar-refractivity contribution is 6.77. The van der Waals surface area contributed by atoms with Gasteiger partial charge in [0.05, 0.1) is 12.5 Å². The normalized spacial score (nSPS) is 14.2. The Balaban J connectivity index is 2.81. The van der Waals surface area contributed by atoms with Gasteiger partial charge in [-0.15, -0.1) is 0 Å². The third-order valence-corrected chi connectivity index (χ3v) is 10.7. The highest BCUT2D eigenvalue weighted by Crippen LogP contribution is 2.43. The topological polar surface area (TPSA) is 31.2 Å². The monoisotopic (exact) mass is 309 g/mol. The second kappa shape index (κ2) is 7.41. The van der Waals surface area contributed by atoms with Crippen molar-refractivity contribution >= 4 is 14.2 Å². The Kier molecular flexibility index (Phi) is 6.41. The standard InChI is InChI=1S/C17H31NO2Si/c1-13(2)21(14(3)4,15(5)6)20-16(7)12-17(19)18-10-8-9-11-18/h8-11,13-16H,12H2,1-7H3. The molecule has 0 saturated carbocycles. The predicted molar refractivity (Wildman–Crippen MR) is 91.3 cm³/mol. The van der Waals surface area contributed by atoms with E-state index in [-0.39, 0.29) is 12.0 Å². The minimum atomic E-state index is -1.90. The first kappa shape index (κ1) is 18.2. The van der Waals surface area contributed by atoms with Crippen molar-refractivity contribution in [2.75, 3.05) is 0 Å². The Labute approximate surface area is 130 Å². The van der Waals surface area contributed by atoms with Crippen molar-refractivity contribution in [3.05, 3.63) is 24.5 Å². The Morgan fingerprint density at radius 3 is 1.76 bits per heavy atom. The summed E-state index contributed by atoms with van der Waals surface area (Å²) in [6, 6.07) is 3.75. The van der Waals surface area contributed by atoms with Crippen molar-refractivity contribution in [3.8, 4) is 0 Å². The zero-order valence-corrected chi connectivity index (χ0v) is 15.6. The summed E-state index contributed by atoms with van der Waals surface area (Å²) in [5.41, 5.74) is 1.63. The third-order valence-electron chi connectivity index (χ3n) is 4.47. The van der Waals surface area contributed by atoms with Crippen LogP contribution in [0.25, 0.3) is 0 Å². The first-order valence-corrected chi connectivity index (χ1v) is 10.2. The molecule has 1 heterocycles. The summed E-state index contributed by atoms with van der Waals surface area (Å²) in [6.45, 7) is 15.7. The van der Waals surface area contributed by atoms with Gasteiger partial charge < -0.3 is 4.43 Å². The van der Waals surface area contributed by atoms with Crippen LogP contribution in [-0.2, 0) is 4.43 Å². The van der Waals surface area contributed by atoms with Crippen molar-refractivity contribution in [3.63, 3.8) is 0 Å². The van der Waals surface area contributed by atoms with E-state index in [9.17, 15) is 4.79 Å². The molecule has 0 aliphatic carbocycles. The predicted octanol–water partition coefficient (Wildman–Crippen LogP) is 5.10. The summed E-state index contributed by atoms with van der Waals surface area (Å²) >= 11 is 0. The van der Waals surface area contributed by atoms with Crippen LogP contribution in [0.2, 0.25) is 16.6 Å². The summed E-state index contributed by atoms with van der Waals surface area (Å²) in [5.74, 6) is 0.103. The highest BCUT2D eigenvalue weighted by Gasteiger charge is 2.46. The molecular weight excluding hydrogens is 278 g/mol. The van der Waals surface area contributed by atoms with Crippen LogP contribution in [0.5, 0.6) is 0 Å². The van der Waals surface area contributed by atoms with E-state index in [0.29, 0.717) is 23.0 Å². The average molecular weight is 310 g/mol. The van der Waals surface area contributed by atoms with Gasteiger partial charge in [-0.3, -0.25) is 9.36 Å². The molecule has 0 aromatic carbocycles. The Morgan fingerprint density at radius 2 is 1.38 bits per heavy atom. The first-order chi connectivity index (χ1) is 9.71. The summed E-state index contributed by atoms with van der Waals surface area (Å²) in [7, 11) is -1.90. The van der Waals surface area contributed by atoms with E-state index < -0.39 is 8.32 Å². The lowest BCUT2D eigenvalue weighted by Gasteiger charge is -2.44. The molecule has 120 valence electrons. The van der Waals surface area contributed by atoms with Crippen molar-refractivity contribution < 1.29 is 9.22 Å². The van der Waals surface area contributed by atoms with Crippen LogP contribution >= 0.6 is 0 Å². The van der Waals surface area contributed by atoms with Gasteiger partial charge in [0.15, 0.2) is 0 Å². The number of aromatic nitrogens is 1. The molecule has 0 saturated heterocycles. The van der Waals surface area contributed by atoms with E-state index in [1.54, 1.807) is 17.0 Å². The molecule has 1 aromatic heterocycles. The van der Waals surface area contributed by atoms with Gasteiger partial charge in [-0.1, -0.05) is 41.5 Å². The largest absolute Gasteiger partial charge is 0.413 e. The van der Waals surface area contributed by atoms with E-state index >= 15 is 0 Å². The molecule has 1 unspecified atom stereocenters. The van der Waals surface area contributed by atoms with E-state index in [4.69, 9.17) is 4.43 Å². The van der Waals surface area contributed by atoms with Crippen LogP contribution in [0.1, 0.15) is 59.7 Å². The van der Waals surface area contributed by atoms with Gasteiger partial charge in [0.1, 0.15) is 0 Å². The molecule has 1 aromatic rings. The molecule has 0 aliphatic rings. The molecule has 0 bridgehead atoms. The lowest BCUT2D eigenvalue weighted by Crippen LogP contribution is -2.50. The Morgan fingerprint density at radius 1 is 0.952 bits per heavy atom. The molecular formula is C17H31NO2Si. The highest BCUT2D eigenvalue weighted by atomic mass is 28.4. The van der Waals surface area contributed by atoms with Gasteiger partial charge in [-0.2, -0.15) is 0 Å². The van der Waals surface area contributed by atoms with Gasteiger partial charge in [-0.05, 0) is 35.7 Å². The fraction of sp³-hybridized carbons (Fsp3) is 0.706. The quantitative estimate of drug-likeness (QED) is 0.656. The van der Waals surface area contributed by atoms with Crippen molar-refractivity contribution in [2.45, 2.75) is 77.6 Å². The summed E-state index contributed by atoms with van der Waals surface area (Å²) in [4.78, 5) is 12.2. The molecule has 0 aliphatic heterocycles. The van der Waals surface area contributed by atoms with E-state index in [2.05, 4.69) is 41.5 Å². The van der Waals surface area contributed by atoms with Crippen LogP contribution in [0.4, 0.5) is 0 Å². The van der Waals surface area contributed by atoms with Crippen LogP contribution in [0.15, 0.2) is 24.5 Å². The number of carbonyl (C=O) groups excluding carboxylic acids is 1. The molecule has 3 nitrogen and oxygen atoms in total. The molecule has 1 rings (SSSR count). The number of rotatable bonds is 7. The first-order valence-electron chi connectivity index (χ1n) is 8.05. The second-order valence-corrected chi connectivity index (χ2v) is 12.3. The van der Waals surface area contributed by atoms with Gasteiger partial charge in [0, 0.05) is 12.4 Å². The minimum Gasteiger partial charge on any atom is -0.413 e.